The van der Waals surface area contributed by atoms with Gasteiger partial charge in [0.1, 0.15) is 0 Å². The highest BCUT2D eigenvalue weighted by molar-refractivity contribution is 5.22. The van der Waals surface area contributed by atoms with Gasteiger partial charge in [-0.15, -0.1) is 0 Å². The third-order valence-electron chi connectivity index (χ3n) is 3.15. The second-order valence-corrected chi connectivity index (χ2v) is 4.57. The summed E-state index contributed by atoms with van der Waals surface area (Å²) in [6, 6.07) is 9.02. The Morgan fingerprint density at radius 3 is 2.40 bits per heavy atom. The fraction of sp³-hybridized carbons (Fsp3) is 0.571. The van der Waals surface area contributed by atoms with Crippen LogP contribution in [0.25, 0.3) is 0 Å². The van der Waals surface area contributed by atoms with Crippen LogP contribution in [0, 0.1) is 5.92 Å². The summed E-state index contributed by atoms with van der Waals surface area (Å²) in [5.74, 6) is 0.993. The molecule has 0 atom stereocenters. The smallest absolute Gasteiger partial charge is 0.000824 e. The van der Waals surface area contributed by atoms with Gasteiger partial charge in [-0.05, 0) is 55.8 Å². The van der Waals surface area contributed by atoms with Gasteiger partial charge in [0.05, 0.1) is 0 Å². The normalized spacial score (nSPS) is 15.5. The van der Waals surface area contributed by atoms with E-state index in [1.165, 1.54) is 30.5 Å². The molecule has 0 bridgehead atoms. The molecule has 1 nitrogen and oxygen atoms in total. The van der Waals surface area contributed by atoms with Crippen LogP contribution in [-0.2, 0) is 12.8 Å². The van der Waals surface area contributed by atoms with Gasteiger partial charge in [0.15, 0.2) is 0 Å². The molecule has 2 rings (SSSR count). The topological polar surface area (TPSA) is 12.0 Å². The van der Waals surface area contributed by atoms with E-state index in [4.69, 9.17) is 0 Å². The number of benzene rings is 1. The standard InChI is InChI=1S/C14H21N/c1-2-12-3-5-13(6-4-12)9-10-15-11-14-7-8-14/h3-6,14-15H,2,7-11H2,1H3. The van der Waals surface area contributed by atoms with Crippen molar-refractivity contribution in [2.45, 2.75) is 32.6 Å². The van der Waals surface area contributed by atoms with Gasteiger partial charge in [-0.25, -0.2) is 0 Å². The maximum Gasteiger partial charge on any atom is -0.000824 e. The first kappa shape index (κ1) is 10.7. The molecule has 1 fully saturated rings. The lowest BCUT2D eigenvalue weighted by Gasteiger charge is -2.04. The van der Waals surface area contributed by atoms with E-state index < -0.39 is 0 Å². The van der Waals surface area contributed by atoms with Crippen LogP contribution < -0.4 is 5.32 Å². The highest BCUT2D eigenvalue weighted by Crippen LogP contribution is 2.27. The SMILES string of the molecule is CCc1ccc(CCNCC2CC2)cc1. The Hall–Kier alpha value is -0.820. The van der Waals surface area contributed by atoms with E-state index in [0.29, 0.717) is 0 Å². The van der Waals surface area contributed by atoms with Crippen molar-refractivity contribution in [2.24, 2.45) is 5.92 Å². The van der Waals surface area contributed by atoms with E-state index in [-0.39, 0.29) is 0 Å². The molecule has 0 saturated heterocycles. The molecule has 15 heavy (non-hydrogen) atoms. The van der Waals surface area contributed by atoms with Crippen molar-refractivity contribution >= 4 is 0 Å². The molecular weight excluding hydrogens is 182 g/mol. The molecule has 0 spiro atoms. The van der Waals surface area contributed by atoms with Crippen LogP contribution in [0.5, 0.6) is 0 Å². The Balaban J connectivity index is 1.67. The molecule has 0 aliphatic heterocycles. The maximum atomic E-state index is 3.52. The molecule has 1 aliphatic rings. The molecule has 1 aromatic carbocycles. The van der Waals surface area contributed by atoms with Gasteiger partial charge < -0.3 is 5.32 Å². The monoisotopic (exact) mass is 203 g/mol. The van der Waals surface area contributed by atoms with Crippen LogP contribution in [0.15, 0.2) is 24.3 Å². The van der Waals surface area contributed by atoms with E-state index in [0.717, 1.165) is 25.3 Å². The summed E-state index contributed by atoms with van der Waals surface area (Å²) in [5, 5.41) is 3.52. The van der Waals surface area contributed by atoms with Crippen LogP contribution in [-0.4, -0.2) is 13.1 Å². The van der Waals surface area contributed by atoms with Crippen molar-refractivity contribution in [1.82, 2.24) is 5.32 Å². The van der Waals surface area contributed by atoms with Crippen LogP contribution in [0.2, 0.25) is 0 Å². The van der Waals surface area contributed by atoms with E-state index in [2.05, 4.69) is 36.5 Å². The van der Waals surface area contributed by atoms with Gasteiger partial charge in [0, 0.05) is 0 Å². The third-order valence-corrected chi connectivity index (χ3v) is 3.15. The summed E-state index contributed by atoms with van der Waals surface area (Å²) in [6.45, 7) is 4.56. The first-order chi connectivity index (χ1) is 7.38. The summed E-state index contributed by atoms with van der Waals surface area (Å²) in [7, 11) is 0. The second-order valence-electron chi connectivity index (χ2n) is 4.57. The minimum absolute atomic E-state index is 0.993. The van der Waals surface area contributed by atoms with Crippen LogP contribution in [0.1, 0.15) is 30.9 Å². The quantitative estimate of drug-likeness (QED) is 0.701. The number of nitrogens with one attached hydrogen (secondary N) is 1. The summed E-state index contributed by atoms with van der Waals surface area (Å²) >= 11 is 0. The lowest BCUT2D eigenvalue weighted by molar-refractivity contribution is 0.637. The Labute approximate surface area is 92.9 Å². The Morgan fingerprint density at radius 2 is 1.80 bits per heavy atom. The summed E-state index contributed by atoms with van der Waals surface area (Å²) in [5.41, 5.74) is 2.89. The molecule has 1 aliphatic carbocycles. The van der Waals surface area contributed by atoms with Gasteiger partial charge in [0.25, 0.3) is 0 Å². The Bertz CT molecular complexity index is 285. The lowest BCUT2D eigenvalue weighted by Crippen LogP contribution is -2.19. The van der Waals surface area contributed by atoms with E-state index in [1.807, 2.05) is 0 Å². The molecule has 0 unspecified atom stereocenters. The van der Waals surface area contributed by atoms with Crippen LogP contribution in [0.3, 0.4) is 0 Å². The number of hydrogen-bond acceptors (Lipinski definition) is 1. The molecule has 1 N–H and O–H groups in total. The van der Waals surface area contributed by atoms with Gasteiger partial charge in [-0.3, -0.25) is 0 Å². The predicted octanol–water partition coefficient (Wildman–Crippen LogP) is 2.79. The van der Waals surface area contributed by atoms with Crippen molar-refractivity contribution in [3.8, 4) is 0 Å². The molecule has 1 aromatic rings. The van der Waals surface area contributed by atoms with E-state index in [1.54, 1.807) is 0 Å². The Kier molecular flexibility index (Phi) is 3.79. The molecule has 0 radical (unpaired) electrons. The molecule has 82 valence electrons. The molecule has 1 heteroatoms. The highest BCUT2D eigenvalue weighted by atomic mass is 14.9. The van der Waals surface area contributed by atoms with Gasteiger partial charge in [-0.1, -0.05) is 31.2 Å². The minimum Gasteiger partial charge on any atom is -0.316 e. The lowest BCUT2D eigenvalue weighted by atomic mass is 10.1. The first-order valence-corrected chi connectivity index (χ1v) is 6.17. The summed E-state index contributed by atoms with van der Waals surface area (Å²) < 4.78 is 0. The zero-order valence-electron chi connectivity index (χ0n) is 9.63. The third kappa shape index (κ3) is 3.67. The fourth-order valence-electron chi connectivity index (χ4n) is 1.80. The summed E-state index contributed by atoms with van der Waals surface area (Å²) in [6.07, 6.45) is 5.19. The largest absolute Gasteiger partial charge is 0.316 e. The zero-order chi connectivity index (χ0) is 10.5. The molecular formula is C14H21N. The van der Waals surface area contributed by atoms with Crippen LogP contribution in [0.4, 0.5) is 0 Å². The van der Waals surface area contributed by atoms with Crippen molar-refractivity contribution in [2.75, 3.05) is 13.1 Å². The van der Waals surface area contributed by atoms with Gasteiger partial charge >= 0.3 is 0 Å². The molecule has 1 saturated carbocycles. The number of hydrogen-bond donors (Lipinski definition) is 1. The van der Waals surface area contributed by atoms with Crippen molar-refractivity contribution in [1.29, 1.82) is 0 Å². The minimum atomic E-state index is 0.993. The molecule has 0 aromatic heterocycles. The van der Waals surface area contributed by atoms with Crippen LogP contribution >= 0.6 is 0 Å². The van der Waals surface area contributed by atoms with E-state index >= 15 is 0 Å². The fourth-order valence-corrected chi connectivity index (χ4v) is 1.80. The zero-order valence-corrected chi connectivity index (χ0v) is 9.63. The van der Waals surface area contributed by atoms with Crippen molar-refractivity contribution in [3.63, 3.8) is 0 Å². The summed E-state index contributed by atoms with van der Waals surface area (Å²) in [4.78, 5) is 0. The predicted molar refractivity (Wildman–Crippen MR) is 65.1 cm³/mol. The highest BCUT2D eigenvalue weighted by Gasteiger charge is 2.19. The van der Waals surface area contributed by atoms with Gasteiger partial charge in [-0.2, -0.15) is 0 Å². The van der Waals surface area contributed by atoms with Crippen molar-refractivity contribution < 1.29 is 0 Å². The average Bonchev–Trinajstić information content (AvgIpc) is 3.09. The molecule has 0 amide bonds. The number of aryl methyl sites for hydroxylation is 1. The van der Waals surface area contributed by atoms with Crippen molar-refractivity contribution in [3.05, 3.63) is 35.4 Å². The average molecular weight is 203 g/mol. The second kappa shape index (κ2) is 5.32. The van der Waals surface area contributed by atoms with Gasteiger partial charge in [0.2, 0.25) is 0 Å². The maximum absolute atomic E-state index is 3.52. The molecule has 0 heterocycles. The first-order valence-electron chi connectivity index (χ1n) is 6.17. The number of rotatable bonds is 6. The Morgan fingerprint density at radius 1 is 1.13 bits per heavy atom. The van der Waals surface area contributed by atoms with E-state index in [9.17, 15) is 0 Å².